The van der Waals surface area contributed by atoms with Crippen molar-refractivity contribution in [1.29, 1.82) is 0 Å². The SMILES string of the molecule is CC(C)C1CC(Nc2cc(F)ccc2Cl)CCO1. The van der Waals surface area contributed by atoms with Gasteiger partial charge >= 0.3 is 0 Å². The molecular weight excluding hydrogens is 253 g/mol. The van der Waals surface area contributed by atoms with Gasteiger partial charge in [0.1, 0.15) is 5.82 Å². The van der Waals surface area contributed by atoms with Crippen molar-refractivity contribution >= 4 is 17.3 Å². The van der Waals surface area contributed by atoms with Crippen LogP contribution < -0.4 is 5.32 Å². The maximum absolute atomic E-state index is 13.2. The first-order chi connectivity index (χ1) is 8.56. The van der Waals surface area contributed by atoms with Crippen molar-refractivity contribution in [2.75, 3.05) is 11.9 Å². The molecule has 0 radical (unpaired) electrons. The molecule has 0 aliphatic carbocycles. The molecule has 2 rings (SSSR count). The van der Waals surface area contributed by atoms with Gasteiger partial charge in [-0.2, -0.15) is 0 Å². The van der Waals surface area contributed by atoms with E-state index in [2.05, 4.69) is 19.2 Å². The smallest absolute Gasteiger partial charge is 0.125 e. The number of rotatable bonds is 3. The zero-order chi connectivity index (χ0) is 13.1. The number of hydrogen-bond donors (Lipinski definition) is 1. The highest BCUT2D eigenvalue weighted by atomic mass is 35.5. The van der Waals surface area contributed by atoms with Gasteiger partial charge in [0.25, 0.3) is 0 Å². The molecule has 0 saturated carbocycles. The van der Waals surface area contributed by atoms with Crippen LogP contribution in [0.4, 0.5) is 10.1 Å². The van der Waals surface area contributed by atoms with Crippen LogP contribution in [0.5, 0.6) is 0 Å². The van der Waals surface area contributed by atoms with E-state index in [1.54, 1.807) is 6.07 Å². The van der Waals surface area contributed by atoms with Crippen LogP contribution in [-0.2, 0) is 4.74 Å². The molecule has 1 fully saturated rings. The van der Waals surface area contributed by atoms with Gasteiger partial charge in [0.2, 0.25) is 0 Å². The number of benzene rings is 1. The van der Waals surface area contributed by atoms with E-state index in [0.29, 0.717) is 22.7 Å². The molecule has 2 unspecified atom stereocenters. The van der Waals surface area contributed by atoms with Gasteiger partial charge < -0.3 is 10.1 Å². The van der Waals surface area contributed by atoms with Crippen LogP contribution in [0, 0.1) is 11.7 Å². The van der Waals surface area contributed by atoms with Gasteiger partial charge in [-0.05, 0) is 37.0 Å². The fourth-order valence-corrected chi connectivity index (χ4v) is 2.42. The molecule has 1 N–H and O–H groups in total. The van der Waals surface area contributed by atoms with Gasteiger partial charge in [0.15, 0.2) is 0 Å². The van der Waals surface area contributed by atoms with Gasteiger partial charge in [0.05, 0.1) is 16.8 Å². The average molecular weight is 272 g/mol. The van der Waals surface area contributed by atoms with Crippen LogP contribution in [0.1, 0.15) is 26.7 Å². The third-order valence-electron chi connectivity index (χ3n) is 3.35. The Hall–Kier alpha value is -0.800. The standard InChI is InChI=1S/C14H19ClFNO/c1-9(2)14-8-11(5-6-18-14)17-13-7-10(16)3-4-12(13)15/h3-4,7,9,11,14,17H,5-6,8H2,1-2H3. The first kappa shape index (κ1) is 13.6. The van der Waals surface area contributed by atoms with Gasteiger partial charge in [-0.25, -0.2) is 4.39 Å². The summed E-state index contributed by atoms with van der Waals surface area (Å²) in [7, 11) is 0. The van der Waals surface area contributed by atoms with Crippen LogP contribution in [0.2, 0.25) is 5.02 Å². The van der Waals surface area contributed by atoms with Crippen molar-refractivity contribution in [3.05, 3.63) is 29.0 Å². The summed E-state index contributed by atoms with van der Waals surface area (Å²) in [4.78, 5) is 0. The molecule has 100 valence electrons. The third-order valence-corrected chi connectivity index (χ3v) is 3.68. The normalized spacial score (nSPS) is 24.3. The molecule has 1 aromatic rings. The van der Waals surface area contributed by atoms with Crippen LogP contribution in [0.3, 0.4) is 0 Å². The minimum absolute atomic E-state index is 0.267. The van der Waals surface area contributed by atoms with E-state index in [4.69, 9.17) is 16.3 Å². The van der Waals surface area contributed by atoms with Gasteiger partial charge in [-0.1, -0.05) is 25.4 Å². The Morgan fingerprint density at radius 2 is 2.22 bits per heavy atom. The van der Waals surface area contributed by atoms with Gasteiger partial charge in [-0.3, -0.25) is 0 Å². The lowest BCUT2D eigenvalue weighted by Crippen LogP contribution is -2.36. The van der Waals surface area contributed by atoms with E-state index >= 15 is 0 Å². The van der Waals surface area contributed by atoms with Crippen molar-refractivity contribution in [3.63, 3.8) is 0 Å². The first-order valence-electron chi connectivity index (χ1n) is 6.39. The van der Waals surface area contributed by atoms with E-state index in [0.717, 1.165) is 19.4 Å². The number of anilines is 1. The van der Waals surface area contributed by atoms with Crippen LogP contribution in [0.25, 0.3) is 0 Å². The molecule has 1 aliphatic rings. The maximum Gasteiger partial charge on any atom is 0.125 e. The number of halogens is 2. The predicted molar refractivity (Wildman–Crippen MR) is 72.6 cm³/mol. The predicted octanol–water partition coefficient (Wildman–Crippen LogP) is 4.09. The number of hydrogen-bond acceptors (Lipinski definition) is 2. The Bertz CT molecular complexity index is 411. The summed E-state index contributed by atoms with van der Waals surface area (Å²) >= 11 is 6.05. The zero-order valence-corrected chi connectivity index (χ0v) is 11.5. The van der Waals surface area contributed by atoms with Crippen LogP contribution in [0.15, 0.2) is 18.2 Å². The molecular formula is C14H19ClFNO. The summed E-state index contributed by atoms with van der Waals surface area (Å²) in [5, 5.41) is 3.88. The molecule has 2 atom stereocenters. The van der Waals surface area contributed by atoms with E-state index in [1.807, 2.05) is 0 Å². The topological polar surface area (TPSA) is 21.3 Å². The van der Waals surface area contributed by atoms with Crippen molar-refractivity contribution in [3.8, 4) is 0 Å². The van der Waals surface area contributed by atoms with Crippen molar-refractivity contribution < 1.29 is 9.13 Å². The Morgan fingerprint density at radius 3 is 2.94 bits per heavy atom. The van der Waals surface area contributed by atoms with E-state index < -0.39 is 0 Å². The summed E-state index contributed by atoms with van der Waals surface area (Å²) in [6.45, 7) is 5.05. The average Bonchev–Trinajstić information content (AvgIpc) is 2.34. The zero-order valence-electron chi connectivity index (χ0n) is 10.7. The lowest BCUT2D eigenvalue weighted by atomic mass is 9.95. The van der Waals surface area contributed by atoms with Gasteiger partial charge in [-0.15, -0.1) is 0 Å². The second-order valence-corrected chi connectivity index (χ2v) is 5.55. The van der Waals surface area contributed by atoms with Crippen LogP contribution >= 0.6 is 11.6 Å². The summed E-state index contributed by atoms with van der Waals surface area (Å²) in [6, 6.07) is 4.69. The highest BCUT2D eigenvalue weighted by molar-refractivity contribution is 6.33. The molecule has 1 heterocycles. The maximum atomic E-state index is 13.2. The molecule has 0 amide bonds. The molecule has 4 heteroatoms. The molecule has 1 saturated heterocycles. The number of nitrogens with one attached hydrogen (secondary N) is 1. The molecule has 0 spiro atoms. The van der Waals surface area contributed by atoms with E-state index in [9.17, 15) is 4.39 Å². The first-order valence-corrected chi connectivity index (χ1v) is 6.77. The molecule has 1 aliphatic heterocycles. The second kappa shape index (κ2) is 5.89. The molecule has 0 aromatic heterocycles. The lowest BCUT2D eigenvalue weighted by molar-refractivity contribution is -0.0160. The monoisotopic (exact) mass is 271 g/mol. The highest BCUT2D eigenvalue weighted by Gasteiger charge is 2.25. The fraction of sp³-hybridized carbons (Fsp3) is 0.571. The van der Waals surface area contributed by atoms with Crippen molar-refractivity contribution in [2.24, 2.45) is 5.92 Å². The Morgan fingerprint density at radius 1 is 1.44 bits per heavy atom. The van der Waals surface area contributed by atoms with Crippen LogP contribution in [-0.4, -0.2) is 18.8 Å². The van der Waals surface area contributed by atoms with Gasteiger partial charge in [0, 0.05) is 12.6 Å². The largest absolute Gasteiger partial charge is 0.381 e. The minimum atomic E-state index is -0.269. The molecule has 1 aromatic carbocycles. The Kier molecular flexibility index (Phi) is 4.46. The van der Waals surface area contributed by atoms with Crippen molar-refractivity contribution in [2.45, 2.75) is 38.8 Å². The summed E-state index contributed by atoms with van der Waals surface area (Å²) in [5.74, 6) is 0.229. The Labute approximate surface area is 112 Å². The fourth-order valence-electron chi connectivity index (χ4n) is 2.25. The van der Waals surface area contributed by atoms with E-state index in [1.165, 1.54) is 12.1 Å². The summed E-state index contributed by atoms with van der Waals surface area (Å²) in [5.41, 5.74) is 0.672. The molecule has 2 nitrogen and oxygen atoms in total. The minimum Gasteiger partial charge on any atom is -0.381 e. The molecule has 0 bridgehead atoms. The second-order valence-electron chi connectivity index (χ2n) is 5.14. The molecule has 18 heavy (non-hydrogen) atoms. The van der Waals surface area contributed by atoms with E-state index in [-0.39, 0.29) is 11.9 Å². The third kappa shape index (κ3) is 3.36. The highest BCUT2D eigenvalue weighted by Crippen LogP contribution is 2.27. The quantitative estimate of drug-likeness (QED) is 0.894. The number of ether oxygens (including phenoxy) is 1. The van der Waals surface area contributed by atoms with Crippen molar-refractivity contribution in [1.82, 2.24) is 0 Å². The lowest BCUT2D eigenvalue weighted by Gasteiger charge is -2.33. The summed E-state index contributed by atoms with van der Waals surface area (Å²) in [6.07, 6.45) is 2.13. The Balaban J connectivity index is 2.02. The summed E-state index contributed by atoms with van der Waals surface area (Å²) < 4.78 is 18.9.